The maximum atomic E-state index is 13.9. The van der Waals surface area contributed by atoms with E-state index in [9.17, 15) is 14.0 Å². The number of aromatic nitrogens is 1. The van der Waals surface area contributed by atoms with E-state index in [1.165, 1.54) is 12.3 Å². The minimum atomic E-state index is -0.620. The molecule has 1 amide bonds. The molecule has 1 saturated heterocycles. The number of carbonyl (C=O) groups excluding carboxylic acids is 1. The Morgan fingerprint density at radius 2 is 2.12 bits per heavy atom. The van der Waals surface area contributed by atoms with Crippen molar-refractivity contribution >= 4 is 16.9 Å². The summed E-state index contributed by atoms with van der Waals surface area (Å²) in [4.78, 5) is 29.4. The molecule has 2 aromatic heterocycles. The van der Waals surface area contributed by atoms with Gasteiger partial charge in [-0.05, 0) is 33.3 Å². The SMILES string of the molecule is CC(C)(C)OC(=O)N1CCC(c2cc3c(F)cncc3c(=O)o2)C1. The van der Waals surface area contributed by atoms with Gasteiger partial charge in [-0.2, -0.15) is 0 Å². The van der Waals surface area contributed by atoms with Crippen molar-refractivity contribution < 1.29 is 18.3 Å². The average Bonchev–Trinajstić information content (AvgIpc) is 2.96. The maximum absolute atomic E-state index is 13.9. The maximum Gasteiger partial charge on any atom is 0.410 e. The molecule has 6 nitrogen and oxygen atoms in total. The summed E-state index contributed by atoms with van der Waals surface area (Å²) in [5.41, 5.74) is -1.19. The zero-order valence-corrected chi connectivity index (χ0v) is 13.8. The van der Waals surface area contributed by atoms with Crippen LogP contribution in [-0.2, 0) is 4.74 Å². The van der Waals surface area contributed by atoms with Gasteiger partial charge in [-0.1, -0.05) is 0 Å². The molecule has 3 heterocycles. The zero-order chi connectivity index (χ0) is 17.5. The van der Waals surface area contributed by atoms with Crippen LogP contribution in [0.5, 0.6) is 0 Å². The predicted octanol–water partition coefficient (Wildman–Crippen LogP) is 3.05. The van der Waals surface area contributed by atoms with E-state index >= 15 is 0 Å². The van der Waals surface area contributed by atoms with E-state index in [0.29, 0.717) is 25.3 Å². The van der Waals surface area contributed by atoms with E-state index in [1.807, 2.05) is 0 Å². The summed E-state index contributed by atoms with van der Waals surface area (Å²) in [5.74, 6) is -0.352. The summed E-state index contributed by atoms with van der Waals surface area (Å²) in [6, 6.07) is 1.52. The van der Waals surface area contributed by atoms with Crippen molar-refractivity contribution in [3.8, 4) is 0 Å². The third kappa shape index (κ3) is 3.25. The number of hydrogen-bond donors (Lipinski definition) is 0. The first kappa shape index (κ1) is 16.4. The van der Waals surface area contributed by atoms with Crippen molar-refractivity contribution in [2.24, 2.45) is 0 Å². The Kier molecular flexibility index (Phi) is 4.03. The molecule has 0 aromatic carbocycles. The molecule has 3 rings (SSSR count). The van der Waals surface area contributed by atoms with Crippen LogP contribution in [-0.4, -0.2) is 34.7 Å². The summed E-state index contributed by atoms with van der Waals surface area (Å²) < 4.78 is 24.6. The van der Waals surface area contributed by atoms with E-state index in [4.69, 9.17) is 9.15 Å². The molecule has 0 aliphatic carbocycles. The molecule has 2 aromatic rings. The molecular weight excluding hydrogens is 315 g/mol. The fourth-order valence-corrected chi connectivity index (χ4v) is 2.77. The standard InChI is InChI=1S/C17H19FN2O4/c1-17(2,3)24-16(22)20-5-4-10(9-20)14-6-11-12(15(21)23-14)7-19-8-13(11)18/h6-8,10H,4-5,9H2,1-3H3. The number of pyridine rings is 1. The van der Waals surface area contributed by atoms with Gasteiger partial charge in [-0.3, -0.25) is 4.98 Å². The molecule has 1 unspecified atom stereocenters. The van der Waals surface area contributed by atoms with Crippen molar-refractivity contribution in [2.45, 2.75) is 38.7 Å². The van der Waals surface area contributed by atoms with Crippen molar-refractivity contribution in [3.63, 3.8) is 0 Å². The van der Waals surface area contributed by atoms with Crippen LogP contribution in [0.2, 0.25) is 0 Å². The number of halogens is 1. The van der Waals surface area contributed by atoms with Crippen LogP contribution < -0.4 is 5.63 Å². The fourth-order valence-electron chi connectivity index (χ4n) is 2.77. The largest absolute Gasteiger partial charge is 0.444 e. The third-order valence-electron chi connectivity index (χ3n) is 3.90. The van der Waals surface area contributed by atoms with Crippen molar-refractivity contribution in [1.29, 1.82) is 0 Å². The first-order valence-corrected chi connectivity index (χ1v) is 7.80. The predicted molar refractivity (Wildman–Crippen MR) is 85.4 cm³/mol. The average molecular weight is 334 g/mol. The van der Waals surface area contributed by atoms with Gasteiger partial charge >= 0.3 is 11.7 Å². The molecule has 7 heteroatoms. The van der Waals surface area contributed by atoms with Crippen LogP contribution in [0.15, 0.2) is 27.7 Å². The highest BCUT2D eigenvalue weighted by atomic mass is 19.1. The van der Waals surface area contributed by atoms with Crippen LogP contribution in [0.1, 0.15) is 38.9 Å². The Bertz CT molecular complexity index is 841. The van der Waals surface area contributed by atoms with Crippen LogP contribution in [0, 0.1) is 5.82 Å². The number of nitrogens with zero attached hydrogens (tertiary/aromatic N) is 2. The fraction of sp³-hybridized carbons (Fsp3) is 0.471. The molecule has 24 heavy (non-hydrogen) atoms. The summed E-state index contributed by atoms with van der Waals surface area (Å²) in [5, 5.41) is 0.299. The molecule has 0 N–H and O–H groups in total. The van der Waals surface area contributed by atoms with E-state index < -0.39 is 23.1 Å². The van der Waals surface area contributed by atoms with E-state index in [2.05, 4.69) is 4.98 Å². The van der Waals surface area contributed by atoms with E-state index in [-0.39, 0.29) is 16.7 Å². The van der Waals surface area contributed by atoms with Gasteiger partial charge in [0.15, 0.2) is 0 Å². The van der Waals surface area contributed by atoms with Crippen LogP contribution in [0.4, 0.5) is 9.18 Å². The summed E-state index contributed by atoms with van der Waals surface area (Å²) in [6.45, 7) is 6.28. The number of fused-ring (bicyclic) bond motifs is 1. The van der Waals surface area contributed by atoms with E-state index in [0.717, 1.165) is 6.20 Å². The molecule has 128 valence electrons. The van der Waals surface area contributed by atoms with Crippen molar-refractivity contribution in [3.05, 3.63) is 40.5 Å². The van der Waals surface area contributed by atoms with Gasteiger partial charge in [0, 0.05) is 30.6 Å². The number of ether oxygens (including phenoxy) is 1. The Hall–Kier alpha value is -2.44. The van der Waals surface area contributed by atoms with Gasteiger partial charge in [0.2, 0.25) is 0 Å². The second-order valence-electron chi connectivity index (χ2n) is 6.93. The lowest BCUT2D eigenvalue weighted by Crippen LogP contribution is -2.35. The molecule has 1 fully saturated rings. The monoisotopic (exact) mass is 334 g/mol. The highest BCUT2D eigenvalue weighted by Crippen LogP contribution is 2.29. The minimum Gasteiger partial charge on any atom is -0.444 e. The molecule has 1 aliphatic heterocycles. The molecule has 1 aliphatic rings. The Morgan fingerprint density at radius 3 is 2.83 bits per heavy atom. The summed E-state index contributed by atoms with van der Waals surface area (Å²) in [7, 11) is 0. The highest BCUT2D eigenvalue weighted by Gasteiger charge is 2.32. The summed E-state index contributed by atoms with van der Waals surface area (Å²) >= 11 is 0. The quantitative estimate of drug-likeness (QED) is 0.801. The second kappa shape index (κ2) is 5.89. The van der Waals surface area contributed by atoms with Gasteiger partial charge in [-0.25, -0.2) is 14.0 Å². The first-order chi connectivity index (χ1) is 11.2. The number of amides is 1. The van der Waals surface area contributed by atoms with Crippen LogP contribution in [0.25, 0.3) is 10.8 Å². The molecule has 0 radical (unpaired) electrons. The van der Waals surface area contributed by atoms with Gasteiger partial charge < -0.3 is 14.1 Å². The van der Waals surface area contributed by atoms with E-state index in [1.54, 1.807) is 25.7 Å². The second-order valence-corrected chi connectivity index (χ2v) is 6.93. The minimum absolute atomic E-state index is 0.112. The lowest BCUT2D eigenvalue weighted by Gasteiger charge is -2.24. The molecule has 1 atom stereocenters. The lowest BCUT2D eigenvalue weighted by atomic mass is 10.0. The third-order valence-corrected chi connectivity index (χ3v) is 3.90. The normalized spacial score (nSPS) is 18.2. The molecule has 0 bridgehead atoms. The number of hydrogen-bond acceptors (Lipinski definition) is 5. The first-order valence-electron chi connectivity index (χ1n) is 7.80. The number of likely N-dealkylation sites (tertiary alicyclic amines) is 1. The number of rotatable bonds is 1. The Labute approximate surface area is 138 Å². The summed E-state index contributed by atoms with van der Waals surface area (Å²) in [6.07, 6.45) is 2.58. The highest BCUT2D eigenvalue weighted by molar-refractivity contribution is 5.80. The Morgan fingerprint density at radius 1 is 1.38 bits per heavy atom. The van der Waals surface area contributed by atoms with Crippen molar-refractivity contribution in [2.75, 3.05) is 13.1 Å². The van der Waals surface area contributed by atoms with Gasteiger partial charge in [0.1, 0.15) is 17.2 Å². The molecular formula is C17H19FN2O4. The number of carbonyl (C=O) groups is 1. The smallest absolute Gasteiger partial charge is 0.410 e. The zero-order valence-electron chi connectivity index (χ0n) is 13.8. The van der Waals surface area contributed by atoms with Gasteiger partial charge in [-0.15, -0.1) is 0 Å². The van der Waals surface area contributed by atoms with Gasteiger partial charge in [0.05, 0.1) is 11.6 Å². The van der Waals surface area contributed by atoms with Crippen LogP contribution in [0.3, 0.4) is 0 Å². The Balaban J connectivity index is 1.84. The van der Waals surface area contributed by atoms with Crippen molar-refractivity contribution in [1.82, 2.24) is 9.88 Å². The molecule has 0 saturated carbocycles. The lowest BCUT2D eigenvalue weighted by molar-refractivity contribution is 0.0291. The molecule has 0 spiro atoms. The topological polar surface area (TPSA) is 72.6 Å². The van der Waals surface area contributed by atoms with Gasteiger partial charge in [0.25, 0.3) is 0 Å². The van der Waals surface area contributed by atoms with Crippen LogP contribution >= 0.6 is 0 Å².